The van der Waals surface area contributed by atoms with Crippen LogP contribution in [0.15, 0.2) is 6.07 Å². The molecule has 1 aromatic rings. The first-order chi connectivity index (χ1) is 9.47. The Morgan fingerprint density at radius 3 is 2.35 bits per heavy atom. The molecule has 0 aromatic carbocycles. The van der Waals surface area contributed by atoms with Gasteiger partial charge in [0.2, 0.25) is 0 Å². The fraction of sp³-hybridized carbons (Fsp3) is 0.714. The van der Waals surface area contributed by atoms with Gasteiger partial charge < -0.3 is 20.5 Å². The van der Waals surface area contributed by atoms with Crippen molar-refractivity contribution in [3.63, 3.8) is 0 Å². The monoisotopic (exact) mass is 282 g/mol. The van der Waals surface area contributed by atoms with Crippen molar-refractivity contribution in [3.05, 3.63) is 11.9 Å². The highest BCUT2D eigenvalue weighted by Gasteiger charge is 2.19. The van der Waals surface area contributed by atoms with Gasteiger partial charge in [-0.2, -0.15) is 0 Å². The second kappa shape index (κ2) is 8.01. The van der Waals surface area contributed by atoms with Gasteiger partial charge in [-0.25, -0.2) is 9.97 Å². The average Bonchev–Trinajstić information content (AvgIpc) is 2.38. The molecule has 0 amide bonds. The van der Waals surface area contributed by atoms with Crippen molar-refractivity contribution in [1.29, 1.82) is 0 Å². The summed E-state index contributed by atoms with van der Waals surface area (Å²) in [5.74, 6) is 2.41. The van der Waals surface area contributed by atoms with E-state index in [1.165, 1.54) is 0 Å². The molecule has 1 heterocycles. The molecule has 114 valence electrons. The van der Waals surface area contributed by atoms with E-state index in [2.05, 4.69) is 41.4 Å². The molecular weight excluding hydrogens is 256 g/mol. The van der Waals surface area contributed by atoms with Gasteiger partial charge in [0.15, 0.2) is 0 Å². The van der Waals surface area contributed by atoms with Crippen LogP contribution in [0.5, 0.6) is 0 Å². The van der Waals surface area contributed by atoms with Gasteiger partial charge in [-0.05, 0) is 6.92 Å². The molecule has 0 radical (unpaired) electrons. The van der Waals surface area contributed by atoms with Gasteiger partial charge in [0, 0.05) is 24.6 Å². The van der Waals surface area contributed by atoms with Gasteiger partial charge in [0.05, 0.1) is 19.8 Å². The van der Waals surface area contributed by atoms with Crippen LogP contribution in [-0.4, -0.2) is 48.0 Å². The third-order valence-electron chi connectivity index (χ3n) is 2.54. The number of anilines is 2. The third-order valence-corrected chi connectivity index (χ3v) is 2.54. The summed E-state index contributed by atoms with van der Waals surface area (Å²) in [6, 6.07) is 1.89. The lowest BCUT2D eigenvalue weighted by molar-refractivity contribution is 0.0992. The van der Waals surface area contributed by atoms with Crippen LogP contribution in [0.3, 0.4) is 0 Å². The first kappa shape index (κ1) is 16.7. The summed E-state index contributed by atoms with van der Waals surface area (Å²) in [4.78, 5) is 9.06. The SMILES string of the molecule is CCNc1cc(NCCOCCO)nc(C(C)(C)C)n1. The van der Waals surface area contributed by atoms with E-state index in [1.807, 2.05) is 13.0 Å². The number of rotatable bonds is 8. The largest absolute Gasteiger partial charge is 0.394 e. The first-order valence-electron chi connectivity index (χ1n) is 7.03. The molecule has 20 heavy (non-hydrogen) atoms. The van der Waals surface area contributed by atoms with Crippen LogP contribution in [0.1, 0.15) is 33.5 Å². The average molecular weight is 282 g/mol. The van der Waals surface area contributed by atoms with Crippen LogP contribution in [0.25, 0.3) is 0 Å². The molecule has 3 N–H and O–H groups in total. The van der Waals surface area contributed by atoms with E-state index < -0.39 is 0 Å². The van der Waals surface area contributed by atoms with Crippen molar-refractivity contribution >= 4 is 11.6 Å². The molecule has 0 saturated carbocycles. The molecule has 0 aliphatic carbocycles. The highest BCUT2D eigenvalue weighted by Crippen LogP contribution is 2.22. The highest BCUT2D eigenvalue weighted by atomic mass is 16.5. The first-order valence-corrected chi connectivity index (χ1v) is 7.03. The van der Waals surface area contributed by atoms with E-state index in [4.69, 9.17) is 9.84 Å². The van der Waals surface area contributed by atoms with E-state index in [0.717, 1.165) is 24.0 Å². The number of aliphatic hydroxyl groups excluding tert-OH is 1. The zero-order valence-corrected chi connectivity index (χ0v) is 12.9. The van der Waals surface area contributed by atoms with Gasteiger partial charge >= 0.3 is 0 Å². The molecule has 0 aliphatic heterocycles. The van der Waals surface area contributed by atoms with Crippen molar-refractivity contribution < 1.29 is 9.84 Å². The molecule has 0 atom stereocenters. The maximum Gasteiger partial charge on any atom is 0.138 e. The molecule has 0 aliphatic rings. The molecule has 0 bridgehead atoms. The Kier molecular flexibility index (Phi) is 6.67. The summed E-state index contributed by atoms with van der Waals surface area (Å²) in [7, 11) is 0. The van der Waals surface area contributed by atoms with Crippen molar-refractivity contribution in [2.24, 2.45) is 0 Å². The Bertz CT molecular complexity index is 405. The molecule has 6 nitrogen and oxygen atoms in total. The van der Waals surface area contributed by atoms with E-state index in [9.17, 15) is 0 Å². The number of nitrogens with one attached hydrogen (secondary N) is 2. The van der Waals surface area contributed by atoms with Crippen molar-refractivity contribution in [1.82, 2.24) is 9.97 Å². The zero-order chi connectivity index (χ0) is 15.0. The van der Waals surface area contributed by atoms with Crippen molar-refractivity contribution in [3.8, 4) is 0 Å². The minimum Gasteiger partial charge on any atom is -0.394 e. The summed E-state index contributed by atoms with van der Waals surface area (Å²) in [6.07, 6.45) is 0. The number of nitrogens with zero attached hydrogens (tertiary/aromatic N) is 2. The van der Waals surface area contributed by atoms with Crippen molar-refractivity contribution in [2.45, 2.75) is 33.1 Å². The maximum atomic E-state index is 8.63. The second-order valence-corrected chi connectivity index (χ2v) is 5.51. The summed E-state index contributed by atoms with van der Waals surface area (Å²) in [6.45, 7) is 10.7. The molecule has 6 heteroatoms. The Balaban J connectivity index is 2.71. The Morgan fingerprint density at radius 1 is 1.15 bits per heavy atom. The van der Waals surface area contributed by atoms with Crippen molar-refractivity contribution in [2.75, 3.05) is 43.5 Å². The minimum atomic E-state index is -0.102. The highest BCUT2D eigenvalue weighted by molar-refractivity contribution is 5.48. The lowest BCUT2D eigenvalue weighted by Gasteiger charge is -2.19. The summed E-state index contributed by atoms with van der Waals surface area (Å²) < 4.78 is 5.21. The van der Waals surface area contributed by atoms with Gasteiger partial charge in [0.25, 0.3) is 0 Å². The predicted molar refractivity (Wildman–Crippen MR) is 81.3 cm³/mol. The third kappa shape index (κ3) is 5.71. The van der Waals surface area contributed by atoms with Crippen LogP contribution in [0, 0.1) is 0 Å². The molecule has 1 rings (SSSR count). The van der Waals surface area contributed by atoms with Gasteiger partial charge in [-0.15, -0.1) is 0 Å². The van der Waals surface area contributed by atoms with E-state index in [-0.39, 0.29) is 12.0 Å². The standard InChI is InChI=1S/C14H26N4O2/c1-5-15-11-10-12(16-6-8-20-9-7-19)18-13(17-11)14(2,3)4/h10,19H,5-9H2,1-4H3,(H2,15,16,17,18). The number of aromatic nitrogens is 2. The minimum absolute atomic E-state index is 0.0479. The molecule has 0 fully saturated rings. The van der Waals surface area contributed by atoms with Gasteiger partial charge in [0.1, 0.15) is 17.5 Å². The molecule has 0 spiro atoms. The Labute approximate surface area is 121 Å². The van der Waals surface area contributed by atoms with Crippen LogP contribution < -0.4 is 10.6 Å². The predicted octanol–water partition coefficient (Wildman–Crippen LogP) is 1.63. The fourth-order valence-corrected chi connectivity index (χ4v) is 1.56. The van der Waals surface area contributed by atoms with E-state index in [0.29, 0.717) is 19.8 Å². The van der Waals surface area contributed by atoms with Gasteiger partial charge in [-0.3, -0.25) is 0 Å². The molecule has 0 saturated heterocycles. The quantitative estimate of drug-likeness (QED) is 0.629. The summed E-state index contributed by atoms with van der Waals surface area (Å²) in [5, 5.41) is 15.1. The van der Waals surface area contributed by atoms with Crippen LogP contribution >= 0.6 is 0 Å². The van der Waals surface area contributed by atoms with E-state index >= 15 is 0 Å². The summed E-state index contributed by atoms with van der Waals surface area (Å²) in [5.41, 5.74) is -0.102. The molecule has 0 unspecified atom stereocenters. The maximum absolute atomic E-state index is 8.63. The Morgan fingerprint density at radius 2 is 1.80 bits per heavy atom. The van der Waals surface area contributed by atoms with E-state index in [1.54, 1.807) is 0 Å². The lowest BCUT2D eigenvalue weighted by atomic mass is 9.96. The number of hydrogen-bond acceptors (Lipinski definition) is 6. The van der Waals surface area contributed by atoms with Crippen LogP contribution in [-0.2, 0) is 10.2 Å². The number of ether oxygens (including phenoxy) is 1. The van der Waals surface area contributed by atoms with Crippen LogP contribution in [0.4, 0.5) is 11.6 Å². The Hall–Kier alpha value is -1.40. The van der Waals surface area contributed by atoms with Gasteiger partial charge in [-0.1, -0.05) is 20.8 Å². The number of aliphatic hydroxyl groups is 1. The second-order valence-electron chi connectivity index (χ2n) is 5.51. The van der Waals surface area contributed by atoms with Crippen LogP contribution in [0.2, 0.25) is 0 Å². The smallest absolute Gasteiger partial charge is 0.138 e. The lowest BCUT2D eigenvalue weighted by Crippen LogP contribution is -2.19. The molecular formula is C14H26N4O2. The number of hydrogen-bond donors (Lipinski definition) is 3. The summed E-state index contributed by atoms with van der Waals surface area (Å²) >= 11 is 0. The topological polar surface area (TPSA) is 79.3 Å². The molecule has 1 aromatic heterocycles. The fourth-order valence-electron chi connectivity index (χ4n) is 1.56. The zero-order valence-electron chi connectivity index (χ0n) is 12.9. The normalized spacial score (nSPS) is 11.4.